The first-order valence-electron chi connectivity index (χ1n) is 24.1. The third kappa shape index (κ3) is 7.92. The number of fused-ring (bicyclic) bond motifs is 6. The number of hydrogen-bond acceptors (Lipinski definition) is 9. The van der Waals surface area contributed by atoms with Crippen molar-refractivity contribution < 1.29 is 43.8 Å². The van der Waals surface area contributed by atoms with E-state index in [2.05, 4.69) is 55.0 Å². The summed E-state index contributed by atoms with van der Waals surface area (Å²) in [7, 11) is 0. The third-order valence-electron chi connectivity index (χ3n) is 19.8. The van der Waals surface area contributed by atoms with Gasteiger partial charge in [0.15, 0.2) is 5.79 Å². The number of carbonyl (C=O) groups excluding carboxylic acids is 2. The molecular formula is C50H82O9. The van der Waals surface area contributed by atoms with Crippen molar-refractivity contribution >= 4 is 11.9 Å². The number of hydrogen-bond donors (Lipinski definition) is 2. The van der Waals surface area contributed by atoms with Gasteiger partial charge in [-0.2, -0.15) is 0 Å². The van der Waals surface area contributed by atoms with Crippen molar-refractivity contribution in [2.24, 2.45) is 74.9 Å². The van der Waals surface area contributed by atoms with Gasteiger partial charge >= 0.3 is 11.9 Å². The summed E-state index contributed by atoms with van der Waals surface area (Å²) in [6.07, 6.45) is 15.2. The van der Waals surface area contributed by atoms with Crippen molar-refractivity contribution in [1.29, 1.82) is 0 Å². The largest absolute Gasteiger partial charge is 0.465 e. The summed E-state index contributed by atoms with van der Waals surface area (Å²) in [6.45, 7) is 25.8. The quantitative estimate of drug-likeness (QED) is 0.0809. The molecule has 2 bridgehead atoms. The lowest BCUT2D eigenvalue weighted by Gasteiger charge is -2.66. The minimum atomic E-state index is -1.34. The minimum Gasteiger partial charge on any atom is -0.465 e. The lowest BCUT2D eigenvalue weighted by molar-refractivity contribution is -0.518. The summed E-state index contributed by atoms with van der Waals surface area (Å²) in [5, 5.41) is 22.2. The highest BCUT2D eigenvalue weighted by atomic mass is 17.2. The van der Waals surface area contributed by atoms with Crippen LogP contribution in [0.1, 0.15) is 178 Å². The Morgan fingerprint density at radius 2 is 1.61 bits per heavy atom. The molecule has 7 unspecified atom stereocenters. The van der Waals surface area contributed by atoms with Gasteiger partial charge in [0.05, 0.1) is 32.2 Å². The molecule has 0 aromatic rings. The summed E-state index contributed by atoms with van der Waals surface area (Å²) in [6, 6.07) is 0. The molecule has 9 nitrogen and oxygen atoms in total. The van der Waals surface area contributed by atoms with E-state index >= 15 is 0 Å². The number of ether oxygens (including phenoxy) is 3. The predicted octanol–water partition coefficient (Wildman–Crippen LogP) is 10.5. The Labute approximate surface area is 356 Å². The normalized spacial score (nSPS) is 46.2. The zero-order valence-corrected chi connectivity index (χ0v) is 38.5. The first-order valence-corrected chi connectivity index (χ1v) is 24.1. The summed E-state index contributed by atoms with van der Waals surface area (Å²) < 4.78 is 18.0. The van der Waals surface area contributed by atoms with Crippen LogP contribution in [0.5, 0.6) is 0 Å². The fourth-order valence-electron chi connectivity index (χ4n) is 15.4. The average Bonchev–Trinajstić information content (AvgIpc) is 3.42. The topological polar surface area (TPSA) is 121 Å². The average molecular weight is 827 g/mol. The van der Waals surface area contributed by atoms with E-state index in [1.54, 1.807) is 0 Å². The first kappa shape index (κ1) is 45.5. The molecular weight excluding hydrogens is 745 g/mol. The number of allylic oxidation sites excluding steroid dienone is 1. The Morgan fingerprint density at radius 1 is 0.864 bits per heavy atom. The standard InChI is InChI=1S/C50H82O9/c1-11-34-16-18-39-43-36(31(2)3)22-26-49(43,28-27-47(39,9)46(34,8)24-21-35-13-12-14-40(51)45(35,6)7)29-55-41(52)19-20-42(53)57-44(54)33(5)38-17-15-32(4)37-23-25-48(10)56-30-50(37,38)59-58-48/h32-40,43-44,51,54H,2,11-30H2,1,3-10H3/t32-,33-,34?,35?,36+,37?,38?,39?,40?,43?,44+,46-,47-,48-,49-,50-/m1/s1. The van der Waals surface area contributed by atoms with E-state index in [0.717, 1.165) is 64.2 Å². The van der Waals surface area contributed by atoms with Gasteiger partial charge in [-0.1, -0.05) is 73.5 Å². The van der Waals surface area contributed by atoms with Gasteiger partial charge in [-0.3, -0.25) is 9.59 Å². The maximum absolute atomic E-state index is 13.5. The third-order valence-corrected chi connectivity index (χ3v) is 19.8. The van der Waals surface area contributed by atoms with Crippen LogP contribution in [0.25, 0.3) is 0 Å². The van der Waals surface area contributed by atoms with Gasteiger partial charge in [0, 0.05) is 23.7 Å². The minimum absolute atomic E-state index is 0.0478. The monoisotopic (exact) mass is 827 g/mol. The van der Waals surface area contributed by atoms with Crippen molar-refractivity contribution in [3.05, 3.63) is 12.2 Å². The Morgan fingerprint density at radius 3 is 2.31 bits per heavy atom. The Balaban J connectivity index is 0.974. The molecule has 0 radical (unpaired) electrons. The van der Waals surface area contributed by atoms with Crippen molar-refractivity contribution in [2.45, 2.75) is 202 Å². The van der Waals surface area contributed by atoms with E-state index in [1.165, 1.54) is 44.1 Å². The van der Waals surface area contributed by atoms with E-state index in [-0.39, 0.29) is 58.4 Å². The van der Waals surface area contributed by atoms with Crippen LogP contribution in [0, 0.1) is 74.9 Å². The molecule has 0 aromatic carbocycles. The van der Waals surface area contributed by atoms with E-state index in [9.17, 15) is 19.8 Å². The fourth-order valence-corrected chi connectivity index (χ4v) is 15.4. The summed E-state index contributed by atoms with van der Waals surface area (Å²) in [4.78, 5) is 38.7. The summed E-state index contributed by atoms with van der Waals surface area (Å²) in [5.74, 6) is 0.940. The number of carbonyl (C=O) groups is 2. The molecule has 2 N–H and O–H groups in total. The zero-order chi connectivity index (χ0) is 42.8. The van der Waals surface area contributed by atoms with E-state index in [1.807, 2.05) is 13.8 Å². The van der Waals surface area contributed by atoms with Crippen LogP contribution >= 0.6 is 0 Å². The molecule has 16 atom stereocenters. The molecule has 8 rings (SSSR count). The molecule has 8 aliphatic rings. The van der Waals surface area contributed by atoms with Crippen molar-refractivity contribution in [1.82, 2.24) is 0 Å². The second-order valence-corrected chi connectivity index (χ2v) is 22.8. The van der Waals surface area contributed by atoms with Crippen LogP contribution in [-0.2, 0) is 33.6 Å². The molecule has 336 valence electrons. The molecule has 5 aliphatic carbocycles. The molecule has 0 amide bonds. The van der Waals surface area contributed by atoms with Gasteiger partial charge in [0.1, 0.15) is 5.60 Å². The van der Waals surface area contributed by atoms with Gasteiger partial charge in [-0.15, -0.1) is 0 Å². The van der Waals surface area contributed by atoms with E-state index < -0.39 is 29.6 Å². The molecule has 1 spiro atoms. The zero-order valence-electron chi connectivity index (χ0n) is 38.5. The highest BCUT2D eigenvalue weighted by molar-refractivity contribution is 5.77. The van der Waals surface area contributed by atoms with Crippen LogP contribution in [0.2, 0.25) is 0 Å². The van der Waals surface area contributed by atoms with Crippen LogP contribution in [-0.4, -0.2) is 59.1 Å². The summed E-state index contributed by atoms with van der Waals surface area (Å²) in [5.41, 5.74) is 0.766. The molecule has 3 aliphatic heterocycles. The number of aliphatic hydroxyl groups is 2. The summed E-state index contributed by atoms with van der Waals surface area (Å²) >= 11 is 0. The van der Waals surface area contributed by atoms with Crippen LogP contribution in [0.3, 0.4) is 0 Å². The highest BCUT2D eigenvalue weighted by Crippen LogP contribution is 2.72. The second kappa shape index (κ2) is 16.9. The molecule has 5 saturated carbocycles. The fraction of sp³-hybridized carbons (Fsp3) is 0.920. The van der Waals surface area contributed by atoms with Gasteiger partial charge in [0.25, 0.3) is 0 Å². The second-order valence-electron chi connectivity index (χ2n) is 22.8. The van der Waals surface area contributed by atoms with Crippen molar-refractivity contribution in [3.63, 3.8) is 0 Å². The maximum Gasteiger partial charge on any atom is 0.308 e. The molecule has 59 heavy (non-hydrogen) atoms. The Kier molecular flexibility index (Phi) is 13.0. The SMILES string of the molecule is C=C(C)[C@@H]1CC[C@]2(COC(=O)CCC(=O)O[C@H](O)[C@H](C)C3CC[C@@H](C)C4CC[C@]5(C)OC[C@@]43OO5)CC[C@]3(C)C(CCC(CC)[C@@]3(C)CCC3CCCC(O)C3(C)C)C12. The van der Waals surface area contributed by atoms with Gasteiger partial charge in [-0.25, -0.2) is 9.78 Å². The lowest BCUT2D eigenvalue weighted by atomic mass is 9.39. The van der Waals surface area contributed by atoms with Gasteiger partial charge in [-0.05, 0) is 155 Å². The molecule has 0 aromatic heterocycles. The number of aliphatic hydroxyl groups excluding tert-OH is 2. The Bertz CT molecular complexity index is 1530. The van der Waals surface area contributed by atoms with Crippen molar-refractivity contribution in [2.75, 3.05) is 13.2 Å². The number of esters is 2. The first-order chi connectivity index (χ1) is 27.8. The van der Waals surface area contributed by atoms with Gasteiger partial charge < -0.3 is 24.4 Å². The van der Waals surface area contributed by atoms with Gasteiger partial charge in [0.2, 0.25) is 6.29 Å². The number of rotatable bonds is 13. The van der Waals surface area contributed by atoms with E-state index in [0.29, 0.717) is 48.7 Å². The smallest absolute Gasteiger partial charge is 0.308 e. The molecule has 3 heterocycles. The maximum atomic E-state index is 13.5. The van der Waals surface area contributed by atoms with Crippen LogP contribution in [0.15, 0.2) is 12.2 Å². The van der Waals surface area contributed by atoms with E-state index in [4.69, 9.17) is 24.0 Å². The Hall–Kier alpha value is -1.52. The van der Waals surface area contributed by atoms with Crippen molar-refractivity contribution in [3.8, 4) is 0 Å². The highest BCUT2D eigenvalue weighted by Gasteiger charge is 2.66. The lowest BCUT2D eigenvalue weighted by Crippen LogP contribution is -2.61. The predicted molar refractivity (Wildman–Crippen MR) is 227 cm³/mol. The molecule has 8 fully saturated rings. The van der Waals surface area contributed by atoms with Crippen LogP contribution < -0.4 is 0 Å². The molecule has 9 heteroatoms. The van der Waals surface area contributed by atoms with Crippen LogP contribution in [0.4, 0.5) is 0 Å². The molecule has 3 saturated heterocycles.